The third-order valence-corrected chi connectivity index (χ3v) is 5.04. The van der Waals surface area contributed by atoms with Crippen molar-refractivity contribution in [1.82, 2.24) is 9.62 Å². The molecular weight excluding hydrogens is 290 g/mol. The number of nitrogens with two attached hydrogens (primary N) is 1. The first-order chi connectivity index (χ1) is 10.0. The fourth-order valence-corrected chi connectivity index (χ4v) is 3.45. The van der Waals surface area contributed by atoms with E-state index in [1.165, 1.54) is 0 Å². The molecule has 118 valence electrons. The van der Waals surface area contributed by atoms with Crippen molar-refractivity contribution in [3.05, 3.63) is 29.8 Å². The van der Waals surface area contributed by atoms with Gasteiger partial charge < -0.3 is 10.5 Å². The average molecular weight is 313 g/mol. The molecule has 7 heteroatoms. The second kappa shape index (κ2) is 7.33. The van der Waals surface area contributed by atoms with Gasteiger partial charge in [0.25, 0.3) is 0 Å². The number of hydrogen-bond donors (Lipinski definition) is 2. The van der Waals surface area contributed by atoms with Crippen LogP contribution in [-0.4, -0.2) is 52.2 Å². The van der Waals surface area contributed by atoms with Crippen molar-refractivity contribution >= 4 is 10.0 Å². The highest BCUT2D eigenvalue weighted by Crippen LogP contribution is 2.12. The van der Waals surface area contributed by atoms with E-state index in [4.69, 9.17) is 10.5 Å². The van der Waals surface area contributed by atoms with Gasteiger partial charge in [-0.3, -0.25) is 4.90 Å². The summed E-state index contributed by atoms with van der Waals surface area (Å²) in [6.07, 6.45) is -0.105. The molecule has 1 aromatic carbocycles. The molecule has 6 nitrogen and oxygen atoms in total. The van der Waals surface area contributed by atoms with Gasteiger partial charge in [-0.05, 0) is 24.2 Å². The Balaban J connectivity index is 1.97. The molecule has 0 saturated carbocycles. The van der Waals surface area contributed by atoms with Gasteiger partial charge in [0.05, 0.1) is 17.6 Å². The number of nitrogens with zero attached hydrogens (tertiary/aromatic N) is 1. The van der Waals surface area contributed by atoms with Crippen LogP contribution in [0.15, 0.2) is 29.2 Å². The highest BCUT2D eigenvalue weighted by molar-refractivity contribution is 7.89. The zero-order valence-corrected chi connectivity index (χ0v) is 13.1. The Bertz CT molecular complexity index is 562. The number of sulfonamides is 1. The summed E-state index contributed by atoms with van der Waals surface area (Å²) in [7, 11) is -3.52. The summed E-state index contributed by atoms with van der Waals surface area (Å²) in [6, 6.07) is 6.68. The zero-order valence-electron chi connectivity index (χ0n) is 12.3. The van der Waals surface area contributed by atoms with Gasteiger partial charge in [0.1, 0.15) is 0 Å². The molecule has 1 aromatic rings. The van der Waals surface area contributed by atoms with Crippen LogP contribution in [-0.2, 0) is 21.3 Å². The normalized spacial score (nSPS) is 20.6. The largest absolute Gasteiger partial charge is 0.374 e. The molecule has 0 aliphatic carbocycles. The Morgan fingerprint density at radius 3 is 3.00 bits per heavy atom. The highest BCUT2D eigenvalue weighted by atomic mass is 32.2. The van der Waals surface area contributed by atoms with Crippen LogP contribution in [0.2, 0.25) is 0 Å². The number of rotatable bonds is 6. The number of nitrogens with one attached hydrogen (secondary N) is 1. The van der Waals surface area contributed by atoms with E-state index in [1.54, 1.807) is 18.2 Å². The second-order valence-corrected chi connectivity index (χ2v) is 6.86. The first kappa shape index (κ1) is 16.4. The summed E-state index contributed by atoms with van der Waals surface area (Å²) in [4.78, 5) is 2.49. The van der Waals surface area contributed by atoms with Gasteiger partial charge in [0.2, 0.25) is 10.0 Å². The molecule has 0 amide bonds. The van der Waals surface area contributed by atoms with E-state index in [9.17, 15) is 8.42 Å². The van der Waals surface area contributed by atoms with Crippen LogP contribution in [0.1, 0.15) is 12.5 Å². The van der Waals surface area contributed by atoms with Gasteiger partial charge in [0.15, 0.2) is 0 Å². The maximum atomic E-state index is 12.3. The fraction of sp³-hybridized carbons (Fsp3) is 0.571. The minimum atomic E-state index is -3.52. The molecular formula is C14H23N3O3S. The SMILES string of the molecule is CCN1CCOC(CNS(=O)(=O)c2cccc(CN)c2)C1. The fourth-order valence-electron chi connectivity index (χ4n) is 2.32. The van der Waals surface area contributed by atoms with Crippen LogP contribution in [0.3, 0.4) is 0 Å². The highest BCUT2D eigenvalue weighted by Gasteiger charge is 2.22. The Kier molecular flexibility index (Phi) is 5.72. The lowest BCUT2D eigenvalue weighted by molar-refractivity contribution is -0.0229. The Hall–Kier alpha value is -0.990. The molecule has 1 atom stereocenters. The van der Waals surface area contributed by atoms with Crippen LogP contribution in [0, 0.1) is 0 Å². The molecule has 2 rings (SSSR count). The van der Waals surface area contributed by atoms with Crippen molar-refractivity contribution in [2.45, 2.75) is 24.5 Å². The Morgan fingerprint density at radius 2 is 2.29 bits per heavy atom. The van der Waals surface area contributed by atoms with Crippen molar-refractivity contribution in [3.8, 4) is 0 Å². The van der Waals surface area contributed by atoms with E-state index in [-0.39, 0.29) is 17.5 Å². The minimum Gasteiger partial charge on any atom is -0.374 e. The van der Waals surface area contributed by atoms with Crippen LogP contribution >= 0.6 is 0 Å². The molecule has 1 aliphatic heterocycles. The van der Waals surface area contributed by atoms with Crippen molar-refractivity contribution in [3.63, 3.8) is 0 Å². The third kappa shape index (κ3) is 4.49. The molecule has 0 spiro atoms. The molecule has 3 N–H and O–H groups in total. The molecule has 0 aromatic heterocycles. The maximum Gasteiger partial charge on any atom is 0.240 e. The standard InChI is InChI=1S/C14H23N3O3S/c1-2-17-6-7-20-13(11-17)10-16-21(18,19)14-5-3-4-12(8-14)9-15/h3-5,8,13,16H,2,6-7,9-11,15H2,1H3. The van der Waals surface area contributed by atoms with E-state index in [1.807, 2.05) is 6.07 Å². The number of benzene rings is 1. The zero-order chi connectivity index (χ0) is 15.3. The van der Waals surface area contributed by atoms with Crippen LogP contribution in [0.25, 0.3) is 0 Å². The molecule has 1 fully saturated rings. The quantitative estimate of drug-likeness (QED) is 0.781. The molecule has 0 radical (unpaired) electrons. The molecule has 21 heavy (non-hydrogen) atoms. The molecule has 1 aliphatic rings. The predicted molar refractivity (Wildman–Crippen MR) is 81.4 cm³/mol. The summed E-state index contributed by atoms with van der Waals surface area (Å²) in [5.41, 5.74) is 6.34. The van der Waals surface area contributed by atoms with E-state index in [2.05, 4.69) is 16.5 Å². The molecule has 1 saturated heterocycles. The number of likely N-dealkylation sites (N-methyl/N-ethyl adjacent to an activating group) is 1. The molecule has 1 unspecified atom stereocenters. The van der Waals surface area contributed by atoms with Gasteiger partial charge in [-0.15, -0.1) is 0 Å². The topological polar surface area (TPSA) is 84.7 Å². The van der Waals surface area contributed by atoms with Crippen LogP contribution in [0.4, 0.5) is 0 Å². The second-order valence-electron chi connectivity index (χ2n) is 5.09. The Labute approximate surface area is 126 Å². The summed E-state index contributed by atoms with van der Waals surface area (Å²) < 4.78 is 32.8. The monoisotopic (exact) mass is 313 g/mol. The summed E-state index contributed by atoms with van der Waals surface area (Å²) >= 11 is 0. The summed E-state index contributed by atoms with van der Waals surface area (Å²) in [5.74, 6) is 0. The lowest BCUT2D eigenvalue weighted by Gasteiger charge is -2.32. The van der Waals surface area contributed by atoms with Crippen LogP contribution in [0.5, 0.6) is 0 Å². The van der Waals surface area contributed by atoms with Gasteiger partial charge in [-0.25, -0.2) is 13.1 Å². The van der Waals surface area contributed by atoms with Crippen LogP contribution < -0.4 is 10.5 Å². The Morgan fingerprint density at radius 1 is 1.48 bits per heavy atom. The first-order valence-corrected chi connectivity index (χ1v) is 8.66. The van der Waals surface area contributed by atoms with E-state index >= 15 is 0 Å². The van der Waals surface area contributed by atoms with Crippen molar-refractivity contribution < 1.29 is 13.2 Å². The lowest BCUT2D eigenvalue weighted by Crippen LogP contribution is -2.47. The summed E-state index contributed by atoms with van der Waals surface area (Å²) in [5, 5.41) is 0. The average Bonchev–Trinajstić information content (AvgIpc) is 2.53. The molecule has 0 bridgehead atoms. The summed E-state index contributed by atoms with van der Waals surface area (Å²) in [6.45, 7) is 5.94. The van der Waals surface area contributed by atoms with Crippen molar-refractivity contribution in [2.75, 3.05) is 32.8 Å². The minimum absolute atomic E-state index is 0.105. The number of ether oxygens (including phenoxy) is 1. The van der Waals surface area contributed by atoms with Crippen molar-refractivity contribution in [2.24, 2.45) is 5.73 Å². The lowest BCUT2D eigenvalue weighted by atomic mass is 10.2. The van der Waals surface area contributed by atoms with Gasteiger partial charge >= 0.3 is 0 Å². The van der Waals surface area contributed by atoms with E-state index in [0.29, 0.717) is 13.2 Å². The smallest absolute Gasteiger partial charge is 0.240 e. The number of morpholine rings is 1. The van der Waals surface area contributed by atoms with E-state index < -0.39 is 10.0 Å². The van der Waals surface area contributed by atoms with Gasteiger partial charge in [-0.2, -0.15) is 0 Å². The van der Waals surface area contributed by atoms with E-state index in [0.717, 1.165) is 25.2 Å². The van der Waals surface area contributed by atoms with Gasteiger partial charge in [0, 0.05) is 26.2 Å². The molecule has 1 heterocycles. The number of hydrogen-bond acceptors (Lipinski definition) is 5. The van der Waals surface area contributed by atoms with Crippen molar-refractivity contribution in [1.29, 1.82) is 0 Å². The van der Waals surface area contributed by atoms with Gasteiger partial charge in [-0.1, -0.05) is 19.1 Å². The first-order valence-electron chi connectivity index (χ1n) is 7.17. The third-order valence-electron chi connectivity index (χ3n) is 3.62. The predicted octanol–water partition coefficient (Wildman–Crippen LogP) is 0.144. The maximum absolute atomic E-state index is 12.3.